The summed E-state index contributed by atoms with van der Waals surface area (Å²) in [6.45, 7) is 4.92. The number of hydrogen-bond donors (Lipinski definition) is 1. The number of carbonyl (C=O) groups excluding carboxylic acids is 3. The molecule has 3 rings (SSSR count). The van der Waals surface area contributed by atoms with E-state index in [0.29, 0.717) is 0 Å². The number of fused-ring (bicyclic) bond motifs is 3. The fraction of sp³-hybridized carbons (Fsp3) is 0.278. The fourth-order valence-corrected chi connectivity index (χ4v) is 3.32. The zero-order chi connectivity index (χ0) is 18.8. The number of hydrogen-bond acceptors (Lipinski definition) is 7. The lowest BCUT2D eigenvalue weighted by atomic mass is 9.71. The highest BCUT2D eigenvalue weighted by atomic mass is 16.5. The van der Waals surface area contributed by atoms with E-state index in [1.807, 2.05) is 0 Å². The van der Waals surface area contributed by atoms with Gasteiger partial charge in [-0.15, -0.1) is 0 Å². The lowest BCUT2D eigenvalue weighted by Gasteiger charge is -2.32. The molecule has 130 valence electrons. The van der Waals surface area contributed by atoms with E-state index in [-0.39, 0.29) is 28.2 Å². The summed E-state index contributed by atoms with van der Waals surface area (Å²) >= 11 is 0. The summed E-state index contributed by atoms with van der Waals surface area (Å²) < 4.78 is 5.51. The van der Waals surface area contributed by atoms with Crippen LogP contribution < -0.4 is 14.9 Å². The lowest BCUT2D eigenvalue weighted by molar-refractivity contribution is -0.283. The molecule has 1 atom stereocenters. The maximum atomic E-state index is 12.9. The van der Waals surface area contributed by atoms with Crippen molar-refractivity contribution in [1.29, 1.82) is 0 Å². The van der Waals surface area contributed by atoms with Gasteiger partial charge in [0.2, 0.25) is 0 Å². The van der Waals surface area contributed by atoms with Crippen LogP contribution in [-0.2, 0) is 15.0 Å². The molecule has 1 aromatic carbocycles. The van der Waals surface area contributed by atoms with E-state index < -0.39 is 45.6 Å². The Morgan fingerprint density at radius 1 is 1.16 bits per heavy atom. The fourth-order valence-electron chi connectivity index (χ4n) is 3.32. The van der Waals surface area contributed by atoms with Crippen molar-refractivity contribution < 1.29 is 34.4 Å². The smallest absolute Gasteiger partial charge is 0.188 e. The van der Waals surface area contributed by atoms with Gasteiger partial charge in [0.05, 0.1) is 5.56 Å². The van der Waals surface area contributed by atoms with Crippen LogP contribution in [0.5, 0.6) is 17.2 Å². The first kappa shape index (κ1) is 16.8. The average molecular weight is 342 g/mol. The van der Waals surface area contributed by atoms with Crippen LogP contribution in [0, 0.1) is 6.92 Å². The highest BCUT2D eigenvalue weighted by Gasteiger charge is 2.53. The summed E-state index contributed by atoms with van der Waals surface area (Å²) in [7, 11) is 0. The van der Waals surface area contributed by atoms with Gasteiger partial charge in [-0.05, 0) is 27.7 Å². The SMILES string of the molecule is CC(=O)C1=C(O)C=C2Oc3c(C(C)=O)c([O-])c(C)c([O-])c3[C@]2(C)C1=O. The van der Waals surface area contributed by atoms with Gasteiger partial charge >= 0.3 is 0 Å². The van der Waals surface area contributed by atoms with Crippen molar-refractivity contribution in [2.24, 2.45) is 0 Å². The zero-order valence-corrected chi connectivity index (χ0v) is 14.0. The first-order valence-corrected chi connectivity index (χ1v) is 7.48. The molecule has 0 radical (unpaired) electrons. The second kappa shape index (κ2) is 4.95. The standard InChI is InChI=1S/C18H16O7/c1-6-14(22)12(8(3)20)16-13(15(6)23)18(4)10(25-16)5-9(21)11(7(2)19)17(18)24/h5,21-23H,1-4H3/p-2/t18-/m1/s1. The quantitative estimate of drug-likeness (QED) is 0.624. The van der Waals surface area contributed by atoms with E-state index >= 15 is 0 Å². The van der Waals surface area contributed by atoms with Crippen LogP contribution >= 0.6 is 0 Å². The van der Waals surface area contributed by atoms with Gasteiger partial charge in [0, 0.05) is 11.6 Å². The molecule has 0 saturated carbocycles. The van der Waals surface area contributed by atoms with Crippen LogP contribution in [-0.4, -0.2) is 22.5 Å². The molecule has 25 heavy (non-hydrogen) atoms. The summed E-state index contributed by atoms with van der Waals surface area (Å²) in [4.78, 5) is 36.6. The van der Waals surface area contributed by atoms with E-state index in [9.17, 15) is 29.7 Å². The Labute approximate surface area is 142 Å². The van der Waals surface area contributed by atoms with Crippen LogP contribution in [0.2, 0.25) is 0 Å². The normalized spacial score (nSPS) is 21.4. The molecule has 0 unspecified atom stereocenters. The van der Waals surface area contributed by atoms with Crippen molar-refractivity contribution in [3.63, 3.8) is 0 Å². The predicted octanol–water partition coefficient (Wildman–Crippen LogP) is 0.863. The molecule has 0 fully saturated rings. The predicted molar refractivity (Wildman–Crippen MR) is 81.5 cm³/mol. The van der Waals surface area contributed by atoms with Gasteiger partial charge in [-0.1, -0.05) is 17.1 Å². The monoisotopic (exact) mass is 342 g/mol. The minimum absolute atomic E-state index is 0.0976. The number of carbonyl (C=O) groups is 3. The van der Waals surface area contributed by atoms with Gasteiger partial charge in [0.25, 0.3) is 0 Å². The molecule has 0 aromatic heterocycles. The van der Waals surface area contributed by atoms with Gasteiger partial charge in [0.15, 0.2) is 17.3 Å². The molecule has 1 aliphatic heterocycles. The second-order valence-corrected chi connectivity index (χ2v) is 6.30. The molecule has 0 amide bonds. The van der Waals surface area contributed by atoms with Crippen molar-refractivity contribution in [3.8, 4) is 17.2 Å². The largest absolute Gasteiger partial charge is 0.872 e. The summed E-state index contributed by atoms with van der Waals surface area (Å²) in [5, 5.41) is 35.0. The molecule has 0 spiro atoms. The Balaban J connectivity index is 2.42. The van der Waals surface area contributed by atoms with Gasteiger partial charge in [-0.3, -0.25) is 14.4 Å². The van der Waals surface area contributed by atoms with Crippen LogP contribution in [0.25, 0.3) is 0 Å². The van der Waals surface area contributed by atoms with Crippen LogP contribution in [0.4, 0.5) is 0 Å². The molecule has 0 bridgehead atoms. The number of ether oxygens (including phenoxy) is 1. The zero-order valence-electron chi connectivity index (χ0n) is 14.0. The third-order valence-electron chi connectivity index (χ3n) is 4.70. The number of Topliss-reactive ketones (excluding diaryl/α,β-unsaturated/α-hetero) is 3. The maximum Gasteiger partial charge on any atom is 0.188 e. The Morgan fingerprint density at radius 3 is 2.28 bits per heavy atom. The third kappa shape index (κ3) is 1.89. The van der Waals surface area contributed by atoms with Gasteiger partial charge in [-0.25, -0.2) is 0 Å². The molecule has 1 heterocycles. The van der Waals surface area contributed by atoms with Crippen LogP contribution in [0.3, 0.4) is 0 Å². The number of allylic oxidation sites excluding steroid dienone is 3. The number of benzene rings is 1. The topological polar surface area (TPSA) is 127 Å². The maximum absolute atomic E-state index is 12.9. The average Bonchev–Trinajstić information content (AvgIpc) is 2.78. The minimum atomic E-state index is -1.68. The molecule has 7 nitrogen and oxygen atoms in total. The van der Waals surface area contributed by atoms with E-state index in [0.717, 1.165) is 19.9 Å². The number of aliphatic hydroxyl groups excluding tert-OH is 1. The Hall–Kier alpha value is -3.09. The van der Waals surface area contributed by atoms with E-state index in [1.165, 1.54) is 13.8 Å². The summed E-state index contributed by atoms with van der Waals surface area (Å²) in [6.07, 6.45) is 1.07. The Morgan fingerprint density at radius 2 is 1.76 bits per heavy atom. The van der Waals surface area contributed by atoms with Gasteiger partial charge in [0.1, 0.15) is 28.3 Å². The van der Waals surface area contributed by atoms with Gasteiger partial charge in [-0.2, -0.15) is 0 Å². The number of rotatable bonds is 2. The van der Waals surface area contributed by atoms with Crippen molar-refractivity contribution in [2.45, 2.75) is 33.1 Å². The third-order valence-corrected chi connectivity index (χ3v) is 4.70. The molecule has 0 saturated heterocycles. The summed E-state index contributed by atoms with van der Waals surface area (Å²) in [5.74, 6) is -4.49. The number of aliphatic hydroxyl groups is 1. The highest BCUT2D eigenvalue weighted by Crippen LogP contribution is 2.56. The highest BCUT2D eigenvalue weighted by molar-refractivity contribution is 6.25. The second-order valence-electron chi connectivity index (χ2n) is 6.30. The van der Waals surface area contributed by atoms with Crippen molar-refractivity contribution >= 4 is 17.3 Å². The summed E-state index contributed by atoms with van der Waals surface area (Å²) in [5.41, 5.74) is -2.80. The first-order chi connectivity index (χ1) is 11.5. The minimum Gasteiger partial charge on any atom is -0.872 e. The van der Waals surface area contributed by atoms with Crippen LogP contribution in [0.1, 0.15) is 42.3 Å². The van der Waals surface area contributed by atoms with E-state index in [2.05, 4.69) is 0 Å². The summed E-state index contributed by atoms with van der Waals surface area (Å²) in [6, 6.07) is 0. The van der Waals surface area contributed by atoms with Gasteiger partial charge < -0.3 is 20.1 Å². The molecular weight excluding hydrogens is 328 g/mol. The number of ketones is 3. The molecule has 1 N–H and O–H groups in total. The molecule has 1 aliphatic carbocycles. The Kier molecular flexibility index (Phi) is 3.32. The lowest BCUT2D eigenvalue weighted by Crippen LogP contribution is -2.39. The first-order valence-electron chi connectivity index (χ1n) is 7.48. The molecule has 1 aromatic rings. The van der Waals surface area contributed by atoms with Crippen molar-refractivity contribution in [1.82, 2.24) is 0 Å². The molecule has 7 heteroatoms. The van der Waals surface area contributed by atoms with E-state index in [1.54, 1.807) is 0 Å². The van der Waals surface area contributed by atoms with Crippen molar-refractivity contribution in [2.75, 3.05) is 0 Å². The molecule has 2 aliphatic rings. The Bertz CT molecular complexity index is 949. The van der Waals surface area contributed by atoms with Crippen molar-refractivity contribution in [3.05, 3.63) is 39.9 Å². The molecular formula is C18H14O7-2. The van der Waals surface area contributed by atoms with Crippen LogP contribution in [0.15, 0.2) is 23.2 Å². The van der Waals surface area contributed by atoms with E-state index in [4.69, 9.17) is 4.74 Å².